The highest BCUT2D eigenvalue weighted by molar-refractivity contribution is 5.96. The van der Waals surface area contributed by atoms with Crippen LogP contribution in [0.5, 0.6) is 0 Å². The van der Waals surface area contributed by atoms with E-state index in [0.29, 0.717) is 0 Å². The fourth-order valence-electron chi connectivity index (χ4n) is 1.68. The highest BCUT2D eigenvalue weighted by Crippen LogP contribution is 2.33. The van der Waals surface area contributed by atoms with Gasteiger partial charge in [0.05, 0.1) is 5.56 Å². The second-order valence-corrected chi connectivity index (χ2v) is 4.22. The Morgan fingerprint density at radius 3 is 2.53 bits per heavy atom. The third-order valence-electron chi connectivity index (χ3n) is 2.80. The SMILES string of the molecule is Cc1c(C(=O)NC2CC2)cccc1C(F)(F)F. The zero-order valence-electron chi connectivity index (χ0n) is 9.27. The Morgan fingerprint density at radius 2 is 2.00 bits per heavy atom. The number of benzene rings is 1. The van der Waals surface area contributed by atoms with Gasteiger partial charge in [-0.1, -0.05) is 6.07 Å². The minimum absolute atomic E-state index is 0.0156. The second-order valence-electron chi connectivity index (χ2n) is 4.22. The smallest absolute Gasteiger partial charge is 0.349 e. The van der Waals surface area contributed by atoms with Crippen molar-refractivity contribution in [3.8, 4) is 0 Å². The maximum absolute atomic E-state index is 12.6. The van der Waals surface area contributed by atoms with Gasteiger partial charge in [-0.25, -0.2) is 0 Å². The Labute approximate surface area is 96.8 Å². The summed E-state index contributed by atoms with van der Waals surface area (Å²) in [7, 11) is 0. The van der Waals surface area contributed by atoms with Crippen LogP contribution >= 0.6 is 0 Å². The van der Waals surface area contributed by atoms with Gasteiger partial charge < -0.3 is 5.32 Å². The van der Waals surface area contributed by atoms with Gasteiger partial charge in [0.25, 0.3) is 5.91 Å². The van der Waals surface area contributed by atoms with Crippen molar-refractivity contribution in [2.45, 2.75) is 32.0 Å². The summed E-state index contributed by atoms with van der Waals surface area (Å²) < 4.78 is 37.9. The predicted octanol–water partition coefficient (Wildman–Crippen LogP) is 2.91. The molecule has 1 fully saturated rings. The molecule has 2 nitrogen and oxygen atoms in total. The highest BCUT2D eigenvalue weighted by Gasteiger charge is 2.34. The van der Waals surface area contributed by atoms with Gasteiger partial charge in [0.1, 0.15) is 0 Å². The fraction of sp³-hybridized carbons (Fsp3) is 0.417. The molecule has 1 aliphatic carbocycles. The van der Waals surface area contributed by atoms with Gasteiger partial charge in [-0.05, 0) is 37.5 Å². The molecule has 0 aromatic heterocycles. The minimum atomic E-state index is -4.42. The van der Waals surface area contributed by atoms with E-state index >= 15 is 0 Å². The Hall–Kier alpha value is -1.52. The molecular weight excluding hydrogens is 231 g/mol. The lowest BCUT2D eigenvalue weighted by Gasteiger charge is -2.13. The van der Waals surface area contributed by atoms with E-state index in [4.69, 9.17) is 0 Å². The molecule has 1 saturated carbocycles. The molecule has 0 unspecified atom stereocenters. The maximum atomic E-state index is 12.6. The Kier molecular flexibility index (Phi) is 2.85. The van der Waals surface area contributed by atoms with Crippen LogP contribution in [0, 0.1) is 6.92 Å². The van der Waals surface area contributed by atoms with E-state index in [1.807, 2.05) is 0 Å². The molecule has 0 saturated heterocycles. The van der Waals surface area contributed by atoms with E-state index in [0.717, 1.165) is 18.9 Å². The van der Waals surface area contributed by atoms with Crippen LogP contribution in [0.2, 0.25) is 0 Å². The normalized spacial score (nSPS) is 15.8. The molecule has 0 radical (unpaired) electrons. The summed E-state index contributed by atoms with van der Waals surface area (Å²) in [5.41, 5.74) is -0.661. The number of halogens is 3. The molecule has 92 valence electrons. The standard InChI is InChI=1S/C12H12F3NO/c1-7-9(11(17)16-8-5-6-8)3-2-4-10(7)12(13,14)15/h2-4,8H,5-6H2,1H3,(H,16,17). The number of carbonyl (C=O) groups excluding carboxylic acids is 1. The van der Waals surface area contributed by atoms with Gasteiger partial charge in [-0.2, -0.15) is 13.2 Å². The summed E-state index contributed by atoms with van der Waals surface area (Å²) in [6.45, 7) is 1.32. The molecule has 5 heteroatoms. The summed E-state index contributed by atoms with van der Waals surface area (Å²) in [5.74, 6) is -0.420. The van der Waals surface area contributed by atoms with Gasteiger partial charge in [0.15, 0.2) is 0 Å². The van der Waals surface area contributed by atoms with Gasteiger partial charge in [0.2, 0.25) is 0 Å². The zero-order valence-corrected chi connectivity index (χ0v) is 9.27. The topological polar surface area (TPSA) is 29.1 Å². The lowest BCUT2D eigenvalue weighted by Crippen LogP contribution is -2.26. The van der Waals surface area contributed by atoms with Crippen molar-refractivity contribution in [2.75, 3.05) is 0 Å². The van der Waals surface area contributed by atoms with Crippen molar-refractivity contribution < 1.29 is 18.0 Å². The summed E-state index contributed by atoms with van der Waals surface area (Å²) in [6, 6.07) is 3.81. The summed E-state index contributed by atoms with van der Waals surface area (Å²) in [6.07, 6.45) is -2.60. The molecular formula is C12H12F3NO. The van der Waals surface area contributed by atoms with E-state index in [1.165, 1.54) is 19.1 Å². The van der Waals surface area contributed by atoms with Gasteiger partial charge in [-0.15, -0.1) is 0 Å². The van der Waals surface area contributed by atoms with Crippen molar-refractivity contribution in [1.29, 1.82) is 0 Å². The summed E-state index contributed by atoms with van der Waals surface area (Å²) >= 11 is 0. The summed E-state index contributed by atoms with van der Waals surface area (Å²) in [4.78, 5) is 11.7. The molecule has 1 amide bonds. The van der Waals surface area contributed by atoms with E-state index in [9.17, 15) is 18.0 Å². The van der Waals surface area contributed by atoms with Crippen LogP contribution in [0.4, 0.5) is 13.2 Å². The lowest BCUT2D eigenvalue weighted by atomic mass is 10.0. The summed E-state index contributed by atoms with van der Waals surface area (Å²) in [5, 5.41) is 2.68. The minimum Gasteiger partial charge on any atom is -0.349 e. The lowest BCUT2D eigenvalue weighted by molar-refractivity contribution is -0.138. The maximum Gasteiger partial charge on any atom is 0.416 e. The third kappa shape index (κ3) is 2.60. The first-order valence-corrected chi connectivity index (χ1v) is 5.37. The Balaban J connectivity index is 2.31. The Morgan fingerprint density at radius 1 is 1.35 bits per heavy atom. The first-order valence-electron chi connectivity index (χ1n) is 5.37. The number of rotatable bonds is 2. The molecule has 0 heterocycles. The molecule has 0 spiro atoms. The quantitative estimate of drug-likeness (QED) is 0.850. The van der Waals surface area contributed by atoms with Crippen LogP contribution in [-0.4, -0.2) is 11.9 Å². The Bertz CT molecular complexity index is 450. The van der Waals surface area contributed by atoms with Crippen LogP contribution < -0.4 is 5.32 Å². The number of alkyl halides is 3. The monoisotopic (exact) mass is 243 g/mol. The number of carbonyl (C=O) groups is 1. The van der Waals surface area contributed by atoms with Crippen LogP contribution in [0.3, 0.4) is 0 Å². The van der Waals surface area contributed by atoms with Crippen molar-refractivity contribution in [3.05, 3.63) is 34.9 Å². The van der Waals surface area contributed by atoms with E-state index in [1.54, 1.807) is 0 Å². The number of hydrogen-bond acceptors (Lipinski definition) is 1. The molecule has 1 aromatic carbocycles. The molecule has 0 atom stereocenters. The van der Waals surface area contributed by atoms with E-state index in [2.05, 4.69) is 5.32 Å². The number of hydrogen-bond donors (Lipinski definition) is 1. The van der Waals surface area contributed by atoms with Crippen molar-refractivity contribution in [2.24, 2.45) is 0 Å². The fourth-order valence-corrected chi connectivity index (χ4v) is 1.68. The molecule has 0 bridgehead atoms. The second kappa shape index (κ2) is 4.05. The van der Waals surface area contributed by atoms with Gasteiger partial charge in [-0.3, -0.25) is 4.79 Å². The molecule has 1 aromatic rings. The van der Waals surface area contributed by atoms with Crippen molar-refractivity contribution in [3.63, 3.8) is 0 Å². The molecule has 0 aliphatic heterocycles. The molecule has 17 heavy (non-hydrogen) atoms. The first kappa shape index (κ1) is 12.0. The zero-order chi connectivity index (χ0) is 12.6. The number of amides is 1. The van der Waals surface area contributed by atoms with Crippen LogP contribution in [0.25, 0.3) is 0 Å². The first-order chi connectivity index (χ1) is 7.89. The third-order valence-corrected chi connectivity index (χ3v) is 2.80. The highest BCUT2D eigenvalue weighted by atomic mass is 19.4. The molecule has 1 N–H and O–H groups in total. The number of nitrogens with one attached hydrogen (secondary N) is 1. The van der Waals surface area contributed by atoms with E-state index < -0.39 is 17.6 Å². The van der Waals surface area contributed by atoms with Gasteiger partial charge >= 0.3 is 6.18 Å². The van der Waals surface area contributed by atoms with Crippen molar-refractivity contribution >= 4 is 5.91 Å². The predicted molar refractivity (Wildman–Crippen MR) is 56.7 cm³/mol. The largest absolute Gasteiger partial charge is 0.416 e. The van der Waals surface area contributed by atoms with Crippen LogP contribution in [0.1, 0.15) is 34.3 Å². The van der Waals surface area contributed by atoms with Crippen LogP contribution in [0.15, 0.2) is 18.2 Å². The average Bonchev–Trinajstić information content (AvgIpc) is 3.00. The van der Waals surface area contributed by atoms with E-state index in [-0.39, 0.29) is 17.2 Å². The van der Waals surface area contributed by atoms with Crippen molar-refractivity contribution in [1.82, 2.24) is 5.32 Å². The van der Waals surface area contributed by atoms with Crippen LogP contribution in [-0.2, 0) is 6.18 Å². The van der Waals surface area contributed by atoms with Gasteiger partial charge in [0, 0.05) is 11.6 Å². The molecule has 1 aliphatic rings. The average molecular weight is 243 g/mol. The molecule has 2 rings (SSSR count).